The lowest BCUT2D eigenvalue weighted by molar-refractivity contribution is -0.143. The number of carbonyl (C=O) groups is 8. The van der Waals surface area contributed by atoms with Crippen molar-refractivity contribution < 1.29 is 38.4 Å². The van der Waals surface area contributed by atoms with E-state index in [2.05, 4.69) is 37.2 Å². The third kappa shape index (κ3) is 11.3. The third-order valence-electron chi connectivity index (χ3n) is 7.45. The molecule has 0 aliphatic rings. The van der Waals surface area contributed by atoms with Crippen LogP contribution in [0.25, 0.3) is 0 Å². The highest BCUT2D eigenvalue weighted by molar-refractivity contribution is 6.01. The molecule has 0 fully saturated rings. The minimum Gasteiger partial charge on any atom is -0.368 e. The van der Waals surface area contributed by atoms with Crippen LogP contribution in [-0.2, 0) is 38.4 Å². The normalized spacial score (nSPS) is 13.8. The van der Waals surface area contributed by atoms with Crippen molar-refractivity contribution in [3.8, 4) is 0 Å². The summed E-state index contributed by atoms with van der Waals surface area (Å²) < 4.78 is 0. The molecule has 0 unspecified atom stereocenters. The zero-order valence-corrected chi connectivity index (χ0v) is 29.6. The average molecular weight is 655 g/mol. The summed E-state index contributed by atoms with van der Waals surface area (Å²) in [5, 5.41) is 17.8. The predicted molar refractivity (Wildman–Crippen MR) is 170 cm³/mol. The summed E-state index contributed by atoms with van der Waals surface area (Å²) in [6, 6.07) is 0. The van der Waals surface area contributed by atoms with E-state index in [1.807, 2.05) is 0 Å². The Kier molecular flexibility index (Phi) is 13.1. The second-order valence-electron chi connectivity index (χ2n) is 14.6. The summed E-state index contributed by atoms with van der Waals surface area (Å²) in [5.74, 6) is -5.85. The van der Waals surface area contributed by atoms with Gasteiger partial charge < -0.3 is 43.0 Å². The molecule has 0 aromatic carbocycles. The fraction of sp³-hybridized carbons (Fsp3) is 0.733. The van der Waals surface area contributed by atoms with Gasteiger partial charge in [-0.25, -0.2) is 0 Å². The van der Waals surface area contributed by atoms with Crippen LogP contribution in [0.4, 0.5) is 0 Å². The number of nitrogens with two attached hydrogens (primary N) is 1. The van der Waals surface area contributed by atoms with E-state index in [1.165, 1.54) is 83.1 Å². The molecule has 0 aliphatic heterocycles. The van der Waals surface area contributed by atoms with E-state index in [0.717, 1.165) is 0 Å². The fourth-order valence-corrected chi connectivity index (χ4v) is 3.70. The first-order valence-electron chi connectivity index (χ1n) is 14.8. The lowest BCUT2D eigenvalue weighted by atomic mass is 9.85. The van der Waals surface area contributed by atoms with Gasteiger partial charge in [0, 0.05) is 6.92 Å². The van der Waals surface area contributed by atoms with Crippen LogP contribution in [0.1, 0.15) is 96.9 Å². The smallest absolute Gasteiger partial charge is 0.246 e. The van der Waals surface area contributed by atoms with Crippen LogP contribution in [-0.4, -0.2) is 87.0 Å². The van der Waals surface area contributed by atoms with Gasteiger partial charge in [0.1, 0.15) is 33.2 Å². The van der Waals surface area contributed by atoms with Gasteiger partial charge in [-0.15, -0.1) is 0 Å². The van der Waals surface area contributed by atoms with Gasteiger partial charge in [0.05, 0.1) is 6.54 Å². The Labute approximate surface area is 271 Å². The second kappa shape index (κ2) is 14.5. The van der Waals surface area contributed by atoms with Crippen molar-refractivity contribution in [2.45, 2.75) is 130 Å². The second-order valence-corrected chi connectivity index (χ2v) is 14.6. The molecule has 0 saturated heterocycles. The van der Waals surface area contributed by atoms with E-state index in [4.69, 9.17) is 5.73 Å². The molecule has 0 radical (unpaired) electrons. The minimum absolute atomic E-state index is 0.426. The Morgan fingerprint density at radius 3 is 1.07 bits per heavy atom. The highest BCUT2D eigenvalue weighted by Crippen LogP contribution is 2.21. The van der Waals surface area contributed by atoms with Crippen LogP contribution in [0, 0.1) is 5.92 Å². The Hall–Kier alpha value is -4.24. The van der Waals surface area contributed by atoms with Crippen LogP contribution in [0.5, 0.6) is 0 Å². The Morgan fingerprint density at radius 1 is 0.478 bits per heavy atom. The SMILES string of the molecule is CC(=O)NC(C)(C)C(=O)N[C@](C)(C(=O)NC(C)(C)C(=O)NC(C)(C)C(=O)NC(C)(C)C(=O)NC(C)(C)C(=O)NCC(N)=O)C(C)C. The average Bonchev–Trinajstić information content (AvgIpc) is 2.84. The molecule has 0 heterocycles. The molecule has 0 saturated carbocycles. The topological polar surface area (TPSA) is 247 Å². The van der Waals surface area contributed by atoms with E-state index < -0.39 is 93.0 Å². The van der Waals surface area contributed by atoms with Gasteiger partial charge in [-0.05, 0) is 82.1 Å². The molecular weight excluding hydrogens is 600 g/mol. The Balaban J connectivity index is 5.74. The molecule has 16 nitrogen and oxygen atoms in total. The van der Waals surface area contributed by atoms with Gasteiger partial charge in [-0.3, -0.25) is 38.4 Å². The number of primary amides is 1. The van der Waals surface area contributed by atoms with E-state index in [1.54, 1.807) is 13.8 Å². The molecule has 0 aliphatic carbocycles. The van der Waals surface area contributed by atoms with Gasteiger partial charge >= 0.3 is 0 Å². The van der Waals surface area contributed by atoms with Gasteiger partial charge in [-0.2, -0.15) is 0 Å². The first-order chi connectivity index (χ1) is 20.3. The lowest BCUT2D eigenvalue weighted by Gasteiger charge is -2.40. The van der Waals surface area contributed by atoms with Crippen molar-refractivity contribution in [2.24, 2.45) is 11.7 Å². The van der Waals surface area contributed by atoms with Gasteiger partial charge in [0.25, 0.3) is 0 Å². The Morgan fingerprint density at radius 2 is 0.761 bits per heavy atom. The van der Waals surface area contributed by atoms with Gasteiger partial charge in [0.2, 0.25) is 47.3 Å². The minimum atomic E-state index is -1.59. The molecule has 262 valence electrons. The number of nitrogens with one attached hydrogen (secondary N) is 7. The first kappa shape index (κ1) is 41.8. The quantitative estimate of drug-likeness (QED) is 0.104. The standard InChI is InChI=1S/C30H54N8O8/c1-16(2)30(14,38-23(45)26(6,7)33-17(3)39)24(46)37-29(12,13)22(44)36-28(10,11)21(43)35-27(8,9)20(42)34-25(4,5)19(41)32-15-18(31)40/h16H,15H2,1-14H3,(H2,31,40)(H,32,41)(H,33,39)(H,34,42)(H,35,43)(H,36,44)(H,37,46)(H,38,45)/t30-/m0/s1. The number of hydrogen-bond donors (Lipinski definition) is 8. The van der Waals surface area contributed by atoms with Crippen molar-refractivity contribution in [2.75, 3.05) is 6.54 Å². The van der Waals surface area contributed by atoms with Crippen molar-refractivity contribution in [1.82, 2.24) is 37.2 Å². The largest absolute Gasteiger partial charge is 0.368 e. The van der Waals surface area contributed by atoms with E-state index in [0.29, 0.717) is 0 Å². The molecular formula is C30H54N8O8. The summed E-state index contributed by atoms with van der Waals surface area (Å²) in [4.78, 5) is 101. The molecule has 46 heavy (non-hydrogen) atoms. The van der Waals surface area contributed by atoms with Crippen LogP contribution in [0.3, 0.4) is 0 Å². The zero-order valence-electron chi connectivity index (χ0n) is 29.6. The van der Waals surface area contributed by atoms with Crippen molar-refractivity contribution in [3.05, 3.63) is 0 Å². The maximum absolute atomic E-state index is 13.5. The molecule has 16 heteroatoms. The van der Waals surface area contributed by atoms with Crippen LogP contribution >= 0.6 is 0 Å². The van der Waals surface area contributed by atoms with E-state index in [9.17, 15) is 38.4 Å². The van der Waals surface area contributed by atoms with Crippen molar-refractivity contribution in [3.63, 3.8) is 0 Å². The van der Waals surface area contributed by atoms with Crippen LogP contribution in [0.15, 0.2) is 0 Å². The Bertz CT molecular complexity index is 1250. The van der Waals surface area contributed by atoms with Crippen molar-refractivity contribution in [1.29, 1.82) is 0 Å². The molecule has 1 atom stereocenters. The summed E-state index contributed by atoms with van der Waals surface area (Å²) >= 11 is 0. The van der Waals surface area contributed by atoms with Crippen LogP contribution < -0.4 is 43.0 Å². The molecule has 0 aromatic heterocycles. The highest BCUT2D eigenvalue weighted by Gasteiger charge is 2.46. The molecule has 0 spiro atoms. The number of carbonyl (C=O) groups excluding carboxylic acids is 8. The number of hydrogen-bond acceptors (Lipinski definition) is 8. The zero-order chi connectivity index (χ0) is 36.9. The summed E-state index contributed by atoms with van der Waals surface area (Å²) in [5.41, 5.74) is -4.00. The van der Waals surface area contributed by atoms with Crippen molar-refractivity contribution >= 4 is 47.3 Å². The van der Waals surface area contributed by atoms with Gasteiger partial charge in [-0.1, -0.05) is 13.8 Å². The first-order valence-corrected chi connectivity index (χ1v) is 14.8. The molecule has 8 amide bonds. The van der Waals surface area contributed by atoms with E-state index >= 15 is 0 Å². The summed E-state index contributed by atoms with van der Waals surface area (Å²) in [6.45, 7) is 20.0. The summed E-state index contributed by atoms with van der Waals surface area (Å²) in [7, 11) is 0. The molecule has 0 aromatic rings. The third-order valence-corrected chi connectivity index (χ3v) is 7.45. The van der Waals surface area contributed by atoms with E-state index in [-0.39, 0.29) is 0 Å². The monoisotopic (exact) mass is 654 g/mol. The van der Waals surface area contributed by atoms with Crippen LogP contribution in [0.2, 0.25) is 0 Å². The number of rotatable bonds is 15. The molecule has 0 rings (SSSR count). The lowest BCUT2D eigenvalue weighted by Crippen LogP contribution is -2.70. The molecule has 9 N–H and O–H groups in total. The summed E-state index contributed by atoms with van der Waals surface area (Å²) in [6.07, 6.45) is 0. The maximum Gasteiger partial charge on any atom is 0.246 e. The fourth-order valence-electron chi connectivity index (χ4n) is 3.70. The van der Waals surface area contributed by atoms with Gasteiger partial charge in [0.15, 0.2) is 0 Å². The molecule has 0 bridgehead atoms. The number of amides is 8. The highest BCUT2D eigenvalue weighted by atomic mass is 16.2. The predicted octanol–water partition coefficient (Wildman–Crippen LogP) is -1.39. The maximum atomic E-state index is 13.5.